The van der Waals surface area contributed by atoms with Gasteiger partial charge in [-0.25, -0.2) is 23.1 Å². The summed E-state index contributed by atoms with van der Waals surface area (Å²) in [6, 6.07) is 2.90. The van der Waals surface area contributed by atoms with Gasteiger partial charge in [-0.3, -0.25) is 4.98 Å². The van der Waals surface area contributed by atoms with Gasteiger partial charge in [0.15, 0.2) is 0 Å². The highest BCUT2D eigenvalue weighted by molar-refractivity contribution is 5.89. The minimum atomic E-state index is -2.86. The van der Waals surface area contributed by atoms with E-state index in [1.165, 1.54) is 30.2 Å². The molecular formula is C24H22F3N5. The number of pyridine rings is 1. The third-order valence-corrected chi connectivity index (χ3v) is 6.31. The van der Waals surface area contributed by atoms with Crippen LogP contribution in [0, 0.1) is 12.7 Å². The zero-order chi connectivity index (χ0) is 22.4. The van der Waals surface area contributed by atoms with E-state index in [1.54, 1.807) is 6.20 Å². The van der Waals surface area contributed by atoms with E-state index in [0.29, 0.717) is 29.6 Å². The first-order valence-corrected chi connectivity index (χ1v) is 10.5. The number of benzene rings is 1. The molecule has 1 aliphatic rings. The van der Waals surface area contributed by atoms with Crippen LogP contribution in [0.5, 0.6) is 0 Å². The van der Waals surface area contributed by atoms with Gasteiger partial charge in [0.25, 0.3) is 6.43 Å². The van der Waals surface area contributed by atoms with Gasteiger partial charge in [-0.05, 0) is 55.9 Å². The van der Waals surface area contributed by atoms with E-state index in [9.17, 15) is 13.2 Å². The van der Waals surface area contributed by atoms with Gasteiger partial charge in [-0.15, -0.1) is 0 Å². The average molecular weight is 437 g/mol. The largest absolute Gasteiger partial charge is 0.383 e. The first-order valence-electron chi connectivity index (χ1n) is 10.5. The van der Waals surface area contributed by atoms with Crippen LogP contribution in [0.15, 0.2) is 48.7 Å². The number of alkyl halides is 2. The van der Waals surface area contributed by atoms with Crippen LogP contribution >= 0.6 is 0 Å². The molecule has 32 heavy (non-hydrogen) atoms. The molecule has 0 aliphatic heterocycles. The second-order valence-electron chi connectivity index (χ2n) is 8.27. The van der Waals surface area contributed by atoms with Crippen molar-refractivity contribution in [1.29, 1.82) is 0 Å². The number of aromatic nitrogens is 4. The van der Waals surface area contributed by atoms with Gasteiger partial charge in [0.05, 0.1) is 17.0 Å². The first-order chi connectivity index (χ1) is 15.4. The highest BCUT2D eigenvalue weighted by Gasteiger charge is 2.23. The summed E-state index contributed by atoms with van der Waals surface area (Å²) in [5, 5.41) is 1.65. The van der Waals surface area contributed by atoms with Crippen LogP contribution in [0.1, 0.15) is 48.4 Å². The average Bonchev–Trinajstić information content (AvgIpc) is 3.38. The number of hydrogen-bond acceptors (Lipinski definition) is 4. The molecule has 0 saturated heterocycles. The summed E-state index contributed by atoms with van der Waals surface area (Å²) in [7, 11) is 0. The van der Waals surface area contributed by atoms with Gasteiger partial charge in [0, 0.05) is 29.4 Å². The molecule has 0 spiro atoms. The summed E-state index contributed by atoms with van der Waals surface area (Å²) in [6.07, 6.45) is 8.94. The zero-order valence-electron chi connectivity index (χ0n) is 17.5. The Morgan fingerprint density at radius 1 is 1.22 bits per heavy atom. The second-order valence-corrected chi connectivity index (χ2v) is 8.27. The number of hydrogen-bond donors (Lipinski definition) is 1. The Bertz CT molecular complexity index is 1360. The van der Waals surface area contributed by atoms with Gasteiger partial charge in [-0.2, -0.15) is 0 Å². The normalized spacial score (nSPS) is 16.4. The molecule has 1 aromatic carbocycles. The van der Waals surface area contributed by atoms with E-state index in [1.807, 2.05) is 13.1 Å². The van der Waals surface area contributed by atoms with E-state index in [-0.39, 0.29) is 11.4 Å². The minimum Gasteiger partial charge on any atom is -0.383 e. The number of aryl methyl sites for hydroxylation is 2. The van der Waals surface area contributed by atoms with Gasteiger partial charge in [0.1, 0.15) is 23.6 Å². The van der Waals surface area contributed by atoms with Crippen LogP contribution in [0.2, 0.25) is 0 Å². The van der Waals surface area contributed by atoms with Crippen molar-refractivity contribution in [1.82, 2.24) is 19.5 Å². The summed E-state index contributed by atoms with van der Waals surface area (Å²) in [5.41, 5.74) is 9.27. The first kappa shape index (κ1) is 20.5. The molecule has 3 heterocycles. The smallest absolute Gasteiger partial charge is 0.266 e. The molecule has 0 saturated carbocycles. The van der Waals surface area contributed by atoms with E-state index >= 15 is 0 Å². The number of halogens is 3. The second kappa shape index (κ2) is 7.93. The summed E-state index contributed by atoms with van der Waals surface area (Å²) in [4.78, 5) is 12.6. The van der Waals surface area contributed by atoms with Crippen LogP contribution in [0.3, 0.4) is 0 Å². The Morgan fingerprint density at radius 3 is 2.88 bits per heavy atom. The van der Waals surface area contributed by atoms with Crippen molar-refractivity contribution in [3.8, 4) is 0 Å². The molecule has 0 amide bonds. The van der Waals surface area contributed by atoms with Crippen molar-refractivity contribution in [2.45, 2.75) is 45.1 Å². The van der Waals surface area contributed by atoms with Gasteiger partial charge < -0.3 is 10.3 Å². The molecule has 5 rings (SSSR count). The van der Waals surface area contributed by atoms with Gasteiger partial charge >= 0.3 is 0 Å². The van der Waals surface area contributed by atoms with Crippen molar-refractivity contribution in [3.05, 3.63) is 71.2 Å². The summed E-state index contributed by atoms with van der Waals surface area (Å²) in [6.45, 7) is 1.99. The van der Waals surface area contributed by atoms with Crippen molar-refractivity contribution >= 4 is 27.6 Å². The van der Waals surface area contributed by atoms with Crippen LogP contribution in [-0.4, -0.2) is 19.5 Å². The predicted molar refractivity (Wildman–Crippen MR) is 118 cm³/mol. The fraction of sp³-hybridized carbons (Fsp3) is 0.292. The Kier molecular flexibility index (Phi) is 5.07. The summed E-state index contributed by atoms with van der Waals surface area (Å²) < 4.78 is 43.4. The van der Waals surface area contributed by atoms with Crippen molar-refractivity contribution in [2.24, 2.45) is 0 Å². The lowest BCUT2D eigenvalue weighted by molar-refractivity contribution is 0.146. The summed E-state index contributed by atoms with van der Waals surface area (Å²) >= 11 is 0. The van der Waals surface area contributed by atoms with Crippen LogP contribution in [0.4, 0.5) is 19.0 Å². The fourth-order valence-electron chi connectivity index (χ4n) is 4.74. The molecule has 8 heteroatoms. The zero-order valence-corrected chi connectivity index (χ0v) is 17.5. The van der Waals surface area contributed by atoms with E-state index in [0.717, 1.165) is 29.4 Å². The Balaban J connectivity index is 1.42. The maximum absolute atomic E-state index is 14.5. The molecular weight excluding hydrogens is 415 g/mol. The van der Waals surface area contributed by atoms with Crippen LogP contribution in [-0.2, 0) is 6.42 Å². The number of nitrogens with zero attached hydrogens (tertiary/aromatic N) is 4. The highest BCUT2D eigenvalue weighted by atomic mass is 19.3. The molecule has 5 nitrogen and oxygen atoms in total. The molecule has 3 aromatic heterocycles. The van der Waals surface area contributed by atoms with Crippen LogP contribution in [0.25, 0.3) is 21.8 Å². The van der Waals surface area contributed by atoms with Crippen molar-refractivity contribution in [3.63, 3.8) is 0 Å². The monoisotopic (exact) mass is 437 g/mol. The molecule has 1 unspecified atom stereocenters. The topological polar surface area (TPSA) is 69.6 Å². The predicted octanol–water partition coefficient (Wildman–Crippen LogP) is 5.84. The number of nitrogens with two attached hydrogens (primary N) is 1. The molecule has 1 aliphatic carbocycles. The molecule has 4 aromatic rings. The fourth-order valence-corrected chi connectivity index (χ4v) is 4.74. The maximum Gasteiger partial charge on any atom is 0.266 e. The molecule has 2 N–H and O–H groups in total. The molecule has 0 fully saturated rings. The van der Waals surface area contributed by atoms with E-state index < -0.39 is 17.8 Å². The SMILES string of the molecule is Cc1cn(C2C=C(CCc3cc(C(F)F)c(F)c4ccncc34)CC2)c2ncnc(N)c12. The van der Waals surface area contributed by atoms with E-state index in [2.05, 4.69) is 25.6 Å². The molecule has 164 valence electrons. The highest BCUT2D eigenvalue weighted by Crippen LogP contribution is 2.36. The van der Waals surface area contributed by atoms with Crippen molar-refractivity contribution in [2.75, 3.05) is 5.73 Å². The number of rotatable bonds is 5. The Morgan fingerprint density at radius 2 is 2.06 bits per heavy atom. The lowest BCUT2D eigenvalue weighted by Gasteiger charge is -2.12. The quantitative estimate of drug-likeness (QED) is 0.398. The van der Waals surface area contributed by atoms with Gasteiger partial charge in [0.2, 0.25) is 0 Å². The van der Waals surface area contributed by atoms with Crippen LogP contribution < -0.4 is 5.73 Å². The third-order valence-electron chi connectivity index (χ3n) is 6.31. The lowest BCUT2D eigenvalue weighted by atomic mass is 9.96. The molecule has 0 radical (unpaired) electrons. The lowest BCUT2D eigenvalue weighted by Crippen LogP contribution is -2.03. The minimum absolute atomic E-state index is 0.152. The molecule has 1 atom stereocenters. The van der Waals surface area contributed by atoms with Gasteiger partial charge in [-0.1, -0.05) is 11.6 Å². The number of fused-ring (bicyclic) bond motifs is 2. The number of anilines is 1. The molecule has 0 bridgehead atoms. The Hall–Kier alpha value is -3.42. The number of nitrogen functional groups attached to an aromatic ring is 1. The number of allylic oxidation sites excluding steroid dienone is 2. The van der Waals surface area contributed by atoms with Crippen molar-refractivity contribution < 1.29 is 13.2 Å². The summed E-state index contributed by atoms with van der Waals surface area (Å²) in [5.74, 6) is -0.391. The Labute approximate surface area is 182 Å². The van der Waals surface area contributed by atoms with E-state index in [4.69, 9.17) is 5.73 Å². The standard InChI is InChI=1S/C24H22F3N5/c1-13-11-32(24-20(13)23(28)30-12-31-24)16-5-3-14(8-16)2-4-15-9-18(22(26)27)21(25)17-6-7-29-10-19(15)17/h6-12,16,22H,2-5H2,1H3,(H2,28,30,31). The maximum atomic E-state index is 14.5. The third kappa shape index (κ3) is 3.39.